The molecule has 0 aliphatic carbocycles. The number of aliphatic hydroxyl groups is 1. The number of likely N-dealkylation sites (tertiary alicyclic amines) is 1. The van der Waals surface area contributed by atoms with E-state index in [1.165, 1.54) is 0 Å². The summed E-state index contributed by atoms with van der Waals surface area (Å²) in [6, 6.07) is 0. The molecule has 4 nitrogen and oxygen atoms in total. The van der Waals surface area contributed by atoms with E-state index < -0.39 is 6.09 Å². The second-order valence-corrected chi connectivity index (χ2v) is 7.55. The van der Waals surface area contributed by atoms with E-state index in [0.29, 0.717) is 18.4 Å². The van der Waals surface area contributed by atoms with Gasteiger partial charge < -0.3 is 15.1 Å². The highest BCUT2D eigenvalue weighted by Crippen LogP contribution is 2.47. The van der Waals surface area contributed by atoms with Crippen LogP contribution in [0.25, 0.3) is 0 Å². The van der Waals surface area contributed by atoms with Gasteiger partial charge in [0.25, 0.3) is 0 Å². The molecule has 0 radical (unpaired) electrons. The normalized spacial score (nSPS) is 23.4. The van der Waals surface area contributed by atoms with Crippen molar-refractivity contribution in [1.82, 2.24) is 4.90 Å². The maximum atomic E-state index is 12.1. The molecule has 4 heteroatoms. The van der Waals surface area contributed by atoms with Gasteiger partial charge in [-0.1, -0.05) is 59.3 Å². The number of rotatable bonds is 11. The van der Waals surface area contributed by atoms with Crippen molar-refractivity contribution in [2.24, 2.45) is 11.8 Å². The minimum absolute atomic E-state index is 0.217. The van der Waals surface area contributed by atoms with Crippen LogP contribution in [0.3, 0.4) is 0 Å². The number of hydrogen-bond acceptors (Lipinski definition) is 2. The highest BCUT2D eigenvalue weighted by atomic mass is 16.4. The van der Waals surface area contributed by atoms with E-state index in [9.17, 15) is 15.0 Å². The van der Waals surface area contributed by atoms with E-state index in [4.69, 9.17) is 0 Å². The van der Waals surface area contributed by atoms with Crippen LogP contribution in [-0.2, 0) is 0 Å². The van der Waals surface area contributed by atoms with Crippen molar-refractivity contribution in [2.75, 3.05) is 13.2 Å². The highest BCUT2D eigenvalue weighted by molar-refractivity contribution is 5.66. The third kappa shape index (κ3) is 5.11. The summed E-state index contributed by atoms with van der Waals surface area (Å²) in [4.78, 5) is 13.9. The Hall–Kier alpha value is -0.770. The SMILES string of the molecule is CCCCC1C(CCO)CCN(C(=O)O)C1(CCCC)CCCC. The fourth-order valence-corrected chi connectivity index (χ4v) is 4.82. The summed E-state index contributed by atoms with van der Waals surface area (Å²) in [7, 11) is 0. The first kappa shape index (κ1) is 21.3. The van der Waals surface area contributed by atoms with Gasteiger partial charge in [0.1, 0.15) is 0 Å². The van der Waals surface area contributed by atoms with Crippen molar-refractivity contribution in [3.8, 4) is 0 Å². The molecule has 1 aliphatic heterocycles. The van der Waals surface area contributed by atoms with Crippen LogP contribution >= 0.6 is 0 Å². The Labute approximate surface area is 148 Å². The molecule has 0 aromatic heterocycles. The van der Waals surface area contributed by atoms with Gasteiger partial charge in [-0.05, 0) is 43.9 Å². The average molecular weight is 342 g/mol. The number of aliphatic hydroxyl groups excluding tert-OH is 1. The topological polar surface area (TPSA) is 60.8 Å². The van der Waals surface area contributed by atoms with Crippen LogP contribution in [0.5, 0.6) is 0 Å². The second kappa shape index (κ2) is 11.0. The number of piperidine rings is 1. The first-order chi connectivity index (χ1) is 11.6. The van der Waals surface area contributed by atoms with Crippen LogP contribution in [-0.4, -0.2) is 39.9 Å². The lowest BCUT2D eigenvalue weighted by Crippen LogP contribution is -2.61. The van der Waals surface area contributed by atoms with Gasteiger partial charge in [-0.25, -0.2) is 4.79 Å². The van der Waals surface area contributed by atoms with Crippen LogP contribution in [0.2, 0.25) is 0 Å². The smallest absolute Gasteiger partial charge is 0.407 e. The lowest BCUT2D eigenvalue weighted by Gasteiger charge is -2.55. The van der Waals surface area contributed by atoms with Crippen molar-refractivity contribution < 1.29 is 15.0 Å². The molecule has 1 saturated heterocycles. The molecule has 1 heterocycles. The molecule has 1 rings (SSSR count). The lowest BCUT2D eigenvalue weighted by molar-refractivity contribution is -0.0484. The molecule has 1 aliphatic rings. The van der Waals surface area contributed by atoms with Crippen molar-refractivity contribution in [3.63, 3.8) is 0 Å². The first-order valence-electron chi connectivity index (χ1n) is 10.2. The van der Waals surface area contributed by atoms with E-state index >= 15 is 0 Å². The number of nitrogens with zero attached hydrogens (tertiary/aromatic N) is 1. The minimum Gasteiger partial charge on any atom is -0.465 e. The molecule has 0 saturated carbocycles. The molecular formula is C20H39NO3. The molecule has 0 spiro atoms. The second-order valence-electron chi connectivity index (χ2n) is 7.55. The van der Waals surface area contributed by atoms with Crippen molar-refractivity contribution >= 4 is 6.09 Å². The molecule has 142 valence electrons. The molecular weight excluding hydrogens is 302 g/mol. The number of amides is 1. The zero-order chi connectivity index (χ0) is 18.0. The summed E-state index contributed by atoms with van der Waals surface area (Å²) < 4.78 is 0. The highest BCUT2D eigenvalue weighted by Gasteiger charge is 2.50. The molecule has 2 atom stereocenters. The van der Waals surface area contributed by atoms with Crippen molar-refractivity contribution in [2.45, 2.75) is 96.9 Å². The average Bonchev–Trinajstić information content (AvgIpc) is 2.57. The van der Waals surface area contributed by atoms with Crippen LogP contribution < -0.4 is 0 Å². The third-order valence-corrected chi connectivity index (χ3v) is 6.05. The van der Waals surface area contributed by atoms with E-state index in [0.717, 1.165) is 70.6 Å². The Kier molecular flexibility index (Phi) is 9.72. The largest absolute Gasteiger partial charge is 0.465 e. The van der Waals surface area contributed by atoms with E-state index in [1.807, 2.05) is 0 Å². The zero-order valence-corrected chi connectivity index (χ0v) is 16.1. The number of unbranched alkanes of at least 4 members (excludes halogenated alkanes) is 3. The zero-order valence-electron chi connectivity index (χ0n) is 16.1. The minimum atomic E-state index is -0.744. The number of carbonyl (C=O) groups is 1. The fraction of sp³-hybridized carbons (Fsp3) is 0.950. The maximum Gasteiger partial charge on any atom is 0.407 e. The Bertz CT molecular complexity index is 351. The fourth-order valence-electron chi connectivity index (χ4n) is 4.82. The predicted octanol–water partition coefficient (Wildman–Crippen LogP) is 5.29. The monoisotopic (exact) mass is 341 g/mol. The third-order valence-electron chi connectivity index (χ3n) is 6.05. The summed E-state index contributed by atoms with van der Waals surface area (Å²) in [5, 5.41) is 19.4. The van der Waals surface area contributed by atoms with Gasteiger partial charge in [-0.3, -0.25) is 0 Å². The van der Waals surface area contributed by atoms with E-state index in [2.05, 4.69) is 20.8 Å². The Morgan fingerprint density at radius 3 is 2.08 bits per heavy atom. The Balaban J connectivity index is 3.21. The molecule has 2 N–H and O–H groups in total. The van der Waals surface area contributed by atoms with Gasteiger partial charge in [0, 0.05) is 18.7 Å². The summed E-state index contributed by atoms with van der Waals surface area (Å²) in [5.74, 6) is 0.860. The van der Waals surface area contributed by atoms with Crippen LogP contribution in [0.1, 0.15) is 91.4 Å². The summed E-state index contributed by atoms with van der Waals surface area (Å²) in [6.07, 6.45) is 10.7. The molecule has 0 aromatic rings. The summed E-state index contributed by atoms with van der Waals surface area (Å²) >= 11 is 0. The van der Waals surface area contributed by atoms with Gasteiger partial charge in [-0.2, -0.15) is 0 Å². The van der Waals surface area contributed by atoms with Gasteiger partial charge in [0.2, 0.25) is 0 Å². The summed E-state index contributed by atoms with van der Waals surface area (Å²) in [5.41, 5.74) is -0.217. The molecule has 2 unspecified atom stereocenters. The molecule has 24 heavy (non-hydrogen) atoms. The number of carboxylic acid groups (broad SMARTS) is 1. The van der Waals surface area contributed by atoms with Crippen LogP contribution in [0.4, 0.5) is 4.79 Å². The standard InChI is InChI=1S/C20H39NO3/c1-4-7-10-18-17(12-16-22)11-15-21(19(23)24)20(18,13-8-5-2)14-9-6-3/h17-18,22H,4-16H2,1-3H3,(H,23,24). The maximum absolute atomic E-state index is 12.1. The first-order valence-corrected chi connectivity index (χ1v) is 10.2. The van der Waals surface area contributed by atoms with Crippen LogP contribution in [0.15, 0.2) is 0 Å². The van der Waals surface area contributed by atoms with E-state index in [-0.39, 0.29) is 12.1 Å². The Morgan fingerprint density at radius 1 is 1.04 bits per heavy atom. The molecule has 1 amide bonds. The van der Waals surface area contributed by atoms with Crippen molar-refractivity contribution in [3.05, 3.63) is 0 Å². The lowest BCUT2D eigenvalue weighted by atomic mass is 9.63. The predicted molar refractivity (Wildman–Crippen MR) is 99.3 cm³/mol. The quantitative estimate of drug-likeness (QED) is 0.536. The van der Waals surface area contributed by atoms with Gasteiger partial charge in [-0.15, -0.1) is 0 Å². The number of hydrogen-bond donors (Lipinski definition) is 2. The summed E-state index contributed by atoms with van der Waals surface area (Å²) in [6.45, 7) is 7.44. The van der Waals surface area contributed by atoms with Gasteiger partial charge >= 0.3 is 6.09 Å². The van der Waals surface area contributed by atoms with Crippen LogP contribution in [0, 0.1) is 11.8 Å². The van der Waals surface area contributed by atoms with Gasteiger partial charge in [0.05, 0.1) is 0 Å². The Morgan fingerprint density at radius 2 is 1.62 bits per heavy atom. The molecule has 1 fully saturated rings. The van der Waals surface area contributed by atoms with E-state index in [1.54, 1.807) is 4.90 Å². The molecule has 0 aromatic carbocycles. The molecule has 0 bridgehead atoms. The van der Waals surface area contributed by atoms with Gasteiger partial charge in [0.15, 0.2) is 0 Å². The van der Waals surface area contributed by atoms with Crippen molar-refractivity contribution in [1.29, 1.82) is 0 Å².